The van der Waals surface area contributed by atoms with Gasteiger partial charge in [-0.15, -0.1) is 10.2 Å². The molecule has 0 aromatic carbocycles. The Hall–Kier alpha value is -0.630. The van der Waals surface area contributed by atoms with Crippen molar-refractivity contribution in [1.29, 1.82) is 0 Å². The summed E-state index contributed by atoms with van der Waals surface area (Å²) in [4.78, 5) is 0. The molecule has 1 heterocycles. The van der Waals surface area contributed by atoms with E-state index in [0.29, 0.717) is 25.8 Å². The molecule has 1 aromatic rings. The molecule has 0 radical (unpaired) electrons. The molecule has 19 heavy (non-hydrogen) atoms. The Kier molecular flexibility index (Phi) is 8.04. The van der Waals surface area contributed by atoms with Crippen LogP contribution in [0.5, 0.6) is 0 Å². The summed E-state index contributed by atoms with van der Waals surface area (Å²) in [5.74, 6) is 1.80. The Labute approximate surface area is 119 Å². The minimum Gasteiger partial charge on any atom is -0.382 e. The van der Waals surface area contributed by atoms with Gasteiger partial charge >= 0.3 is 0 Å². The Bertz CT molecular complexity index is 357. The molecule has 0 saturated carbocycles. The van der Waals surface area contributed by atoms with Crippen LogP contribution in [0.15, 0.2) is 5.16 Å². The molecule has 0 unspecified atom stereocenters. The second-order valence-electron chi connectivity index (χ2n) is 4.37. The van der Waals surface area contributed by atoms with Crippen molar-refractivity contribution in [2.75, 3.05) is 32.7 Å². The monoisotopic (exact) mass is 288 g/mol. The molecular formula is C12H24N4O2S. The molecule has 1 rings (SSSR count). The predicted molar refractivity (Wildman–Crippen MR) is 76.3 cm³/mol. The highest BCUT2D eigenvalue weighted by Crippen LogP contribution is 2.21. The van der Waals surface area contributed by atoms with Crippen molar-refractivity contribution >= 4 is 11.8 Å². The number of methoxy groups -OCH3 is 1. The van der Waals surface area contributed by atoms with E-state index in [0.717, 1.165) is 29.8 Å². The summed E-state index contributed by atoms with van der Waals surface area (Å²) in [6, 6.07) is 0.328. The van der Waals surface area contributed by atoms with E-state index in [4.69, 9.17) is 15.2 Å². The molecule has 2 N–H and O–H groups in total. The molecule has 0 fully saturated rings. The third kappa shape index (κ3) is 5.48. The van der Waals surface area contributed by atoms with Gasteiger partial charge in [-0.25, -0.2) is 0 Å². The average molecular weight is 288 g/mol. The highest BCUT2D eigenvalue weighted by molar-refractivity contribution is 7.99. The number of rotatable bonds is 10. The second kappa shape index (κ2) is 9.30. The van der Waals surface area contributed by atoms with Crippen LogP contribution < -0.4 is 5.73 Å². The number of nitrogens with two attached hydrogens (primary N) is 1. The summed E-state index contributed by atoms with van der Waals surface area (Å²) in [6.07, 6.45) is 0.983. The lowest BCUT2D eigenvalue weighted by molar-refractivity contribution is 0.0713. The van der Waals surface area contributed by atoms with Crippen LogP contribution in [0.4, 0.5) is 0 Å². The maximum absolute atomic E-state index is 5.66. The van der Waals surface area contributed by atoms with Crippen LogP contribution >= 0.6 is 11.8 Å². The van der Waals surface area contributed by atoms with E-state index in [1.807, 2.05) is 0 Å². The quantitative estimate of drug-likeness (QED) is 0.519. The molecule has 6 nitrogen and oxygen atoms in total. The molecule has 0 spiro atoms. The first-order chi connectivity index (χ1) is 9.20. The van der Waals surface area contributed by atoms with Crippen LogP contribution in [0.25, 0.3) is 0 Å². The predicted octanol–water partition coefficient (Wildman–Crippen LogP) is 1.46. The fraction of sp³-hybridized carbons (Fsp3) is 0.833. The molecular weight excluding hydrogens is 264 g/mol. The normalized spacial score (nSPS) is 11.4. The number of thioether (sulfide) groups is 1. The molecule has 0 bridgehead atoms. The van der Waals surface area contributed by atoms with Crippen molar-refractivity contribution in [2.45, 2.75) is 38.0 Å². The van der Waals surface area contributed by atoms with Gasteiger partial charge in [0.25, 0.3) is 0 Å². The maximum Gasteiger partial charge on any atom is 0.191 e. The van der Waals surface area contributed by atoms with E-state index < -0.39 is 0 Å². The van der Waals surface area contributed by atoms with Gasteiger partial charge in [-0.1, -0.05) is 11.8 Å². The number of ether oxygens (including phenoxy) is 2. The smallest absolute Gasteiger partial charge is 0.191 e. The average Bonchev–Trinajstić information content (AvgIpc) is 2.81. The third-order valence-corrected chi connectivity index (χ3v) is 3.56. The van der Waals surface area contributed by atoms with Gasteiger partial charge in [0.1, 0.15) is 5.82 Å². The van der Waals surface area contributed by atoms with E-state index in [1.165, 1.54) is 0 Å². The molecule has 0 aliphatic rings. The summed E-state index contributed by atoms with van der Waals surface area (Å²) in [5, 5.41) is 9.24. The molecule has 0 atom stereocenters. The molecule has 0 saturated heterocycles. The van der Waals surface area contributed by atoms with Crippen LogP contribution in [0.1, 0.15) is 32.1 Å². The SMILES string of the molecule is COCCOCCCSc1nnc(CN)n1C(C)C. The first-order valence-electron chi connectivity index (χ1n) is 6.54. The van der Waals surface area contributed by atoms with Crippen molar-refractivity contribution < 1.29 is 9.47 Å². The minimum absolute atomic E-state index is 0.328. The maximum atomic E-state index is 5.66. The van der Waals surface area contributed by atoms with Crippen molar-refractivity contribution in [3.63, 3.8) is 0 Å². The number of hydrogen-bond donors (Lipinski definition) is 1. The number of hydrogen-bond acceptors (Lipinski definition) is 6. The zero-order valence-corrected chi connectivity index (χ0v) is 12.8. The van der Waals surface area contributed by atoms with E-state index in [-0.39, 0.29) is 0 Å². The van der Waals surface area contributed by atoms with Gasteiger partial charge in [-0.05, 0) is 20.3 Å². The number of aromatic nitrogens is 3. The lowest BCUT2D eigenvalue weighted by Gasteiger charge is -2.12. The fourth-order valence-corrected chi connectivity index (χ4v) is 2.63. The molecule has 7 heteroatoms. The van der Waals surface area contributed by atoms with Crippen molar-refractivity contribution in [2.24, 2.45) is 5.73 Å². The highest BCUT2D eigenvalue weighted by atomic mass is 32.2. The summed E-state index contributed by atoms with van der Waals surface area (Å²) >= 11 is 1.70. The Balaban J connectivity index is 2.31. The Morgan fingerprint density at radius 1 is 1.26 bits per heavy atom. The molecule has 0 amide bonds. The van der Waals surface area contributed by atoms with Crippen LogP contribution in [-0.2, 0) is 16.0 Å². The first kappa shape index (κ1) is 16.4. The third-order valence-electron chi connectivity index (χ3n) is 2.53. The minimum atomic E-state index is 0.328. The van der Waals surface area contributed by atoms with Crippen molar-refractivity contribution in [1.82, 2.24) is 14.8 Å². The summed E-state index contributed by atoms with van der Waals surface area (Å²) in [7, 11) is 1.67. The van der Waals surface area contributed by atoms with Gasteiger partial charge in [0, 0.05) is 25.5 Å². The van der Waals surface area contributed by atoms with E-state index in [1.54, 1.807) is 18.9 Å². The Morgan fingerprint density at radius 3 is 2.68 bits per heavy atom. The molecule has 1 aromatic heterocycles. The standard InChI is InChI=1S/C12H24N4O2S/c1-10(2)16-11(9-13)14-15-12(16)19-8-4-5-18-7-6-17-3/h10H,4-9,13H2,1-3H3. The van der Waals surface area contributed by atoms with Gasteiger partial charge in [-0.3, -0.25) is 0 Å². The largest absolute Gasteiger partial charge is 0.382 e. The van der Waals surface area contributed by atoms with Gasteiger partial charge in [0.05, 0.1) is 19.8 Å². The van der Waals surface area contributed by atoms with E-state index in [2.05, 4.69) is 28.6 Å². The summed E-state index contributed by atoms with van der Waals surface area (Å²) in [6.45, 7) is 6.69. The summed E-state index contributed by atoms with van der Waals surface area (Å²) in [5.41, 5.74) is 5.66. The Morgan fingerprint density at radius 2 is 2.05 bits per heavy atom. The first-order valence-corrected chi connectivity index (χ1v) is 7.52. The van der Waals surface area contributed by atoms with Crippen LogP contribution in [0.3, 0.4) is 0 Å². The van der Waals surface area contributed by atoms with Crippen LogP contribution in [0, 0.1) is 0 Å². The zero-order chi connectivity index (χ0) is 14.1. The van der Waals surface area contributed by atoms with Crippen molar-refractivity contribution in [3.8, 4) is 0 Å². The summed E-state index contributed by atoms with van der Waals surface area (Å²) < 4.78 is 12.4. The van der Waals surface area contributed by atoms with E-state index in [9.17, 15) is 0 Å². The lowest BCUT2D eigenvalue weighted by atomic mass is 10.4. The highest BCUT2D eigenvalue weighted by Gasteiger charge is 2.13. The molecule has 110 valence electrons. The van der Waals surface area contributed by atoms with Gasteiger partial charge in [0.2, 0.25) is 0 Å². The van der Waals surface area contributed by atoms with Gasteiger partial charge < -0.3 is 19.8 Å². The lowest BCUT2D eigenvalue weighted by Crippen LogP contribution is -2.11. The van der Waals surface area contributed by atoms with Gasteiger partial charge in [-0.2, -0.15) is 0 Å². The van der Waals surface area contributed by atoms with Gasteiger partial charge in [0.15, 0.2) is 5.16 Å². The molecule has 0 aliphatic carbocycles. The fourth-order valence-electron chi connectivity index (χ4n) is 1.63. The van der Waals surface area contributed by atoms with Crippen LogP contribution in [0.2, 0.25) is 0 Å². The zero-order valence-electron chi connectivity index (χ0n) is 12.0. The second-order valence-corrected chi connectivity index (χ2v) is 5.44. The van der Waals surface area contributed by atoms with E-state index >= 15 is 0 Å². The van der Waals surface area contributed by atoms with Crippen LogP contribution in [-0.4, -0.2) is 47.4 Å². The topological polar surface area (TPSA) is 75.2 Å². The number of nitrogens with zero attached hydrogens (tertiary/aromatic N) is 3. The van der Waals surface area contributed by atoms with Crippen molar-refractivity contribution in [3.05, 3.63) is 5.82 Å². The molecule has 0 aliphatic heterocycles.